The molecular weight excluding hydrogens is 237 g/mol. The first kappa shape index (κ1) is 12.7. The highest BCUT2D eigenvalue weighted by atomic mass is 19.1. The van der Waals surface area contributed by atoms with Crippen molar-refractivity contribution >= 4 is 6.09 Å². The van der Waals surface area contributed by atoms with Crippen molar-refractivity contribution in [1.29, 1.82) is 0 Å². The van der Waals surface area contributed by atoms with E-state index in [0.717, 1.165) is 12.4 Å². The lowest BCUT2D eigenvalue weighted by atomic mass is 10.00. The molecule has 1 aliphatic heterocycles. The molecule has 0 radical (unpaired) electrons. The molecule has 1 aliphatic rings. The van der Waals surface area contributed by atoms with Gasteiger partial charge in [-0.25, -0.2) is 19.2 Å². The third kappa shape index (κ3) is 2.94. The zero-order chi connectivity index (χ0) is 13.3. The number of ether oxygens (including phenoxy) is 1. The van der Waals surface area contributed by atoms with Crippen molar-refractivity contribution in [2.45, 2.75) is 32.3 Å². The molecular formula is C12H16FN3O2. The van der Waals surface area contributed by atoms with Crippen molar-refractivity contribution in [2.24, 2.45) is 0 Å². The molecule has 1 aromatic heterocycles. The van der Waals surface area contributed by atoms with Gasteiger partial charge in [0, 0.05) is 13.1 Å². The molecule has 2 rings (SSSR count). The maximum absolute atomic E-state index is 12.7. The Hall–Kier alpha value is -1.72. The van der Waals surface area contributed by atoms with Crippen LogP contribution in [0.3, 0.4) is 0 Å². The predicted molar refractivity (Wildman–Crippen MR) is 62.5 cm³/mol. The van der Waals surface area contributed by atoms with Crippen molar-refractivity contribution in [3.63, 3.8) is 0 Å². The molecule has 1 saturated heterocycles. The maximum Gasteiger partial charge on any atom is 0.410 e. The largest absolute Gasteiger partial charge is 0.444 e. The minimum absolute atomic E-state index is 0.0677. The third-order valence-corrected chi connectivity index (χ3v) is 2.54. The topological polar surface area (TPSA) is 55.3 Å². The van der Waals surface area contributed by atoms with Crippen molar-refractivity contribution in [1.82, 2.24) is 14.9 Å². The van der Waals surface area contributed by atoms with Gasteiger partial charge in [-0.1, -0.05) is 0 Å². The number of carbonyl (C=O) groups is 1. The number of amides is 1. The Morgan fingerprint density at radius 2 is 1.94 bits per heavy atom. The smallest absolute Gasteiger partial charge is 0.410 e. The van der Waals surface area contributed by atoms with Crippen LogP contribution in [0.15, 0.2) is 12.4 Å². The van der Waals surface area contributed by atoms with Crippen LogP contribution in [0.25, 0.3) is 0 Å². The fourth-order valence-corrected chi connectivity index (χ4v) is 1.65. The van der Waals surface area contributed by atoms with Crippen LogP contribution in [0.5, 0.6) is 0 Å². The lowest BCUT2D eigenvalue weighted by molar-refractivity contribution is 0.00750. The maximum atomic E-state index is 12.7. The fraction of sp³-hybridized carbons (Fsp3) is 0.583. The summed E-state index contributed by atoms with van der Waals surface area (Å²) in [4.78, 5) is 21.1. The number of rotatable bonds is 1. The molecule has 0 N–H and O–H groups in total. The highest BCUT2D eigenvalue weighted by Gasteiger charge is 2.35. The summed E-state index contributed by atoms with van der Waals surface area (Å²) in [7, 11) is 0. The van der Waals surface area contributed by atoms with E-state index in [1.165, 1.54) is 0 Å². The Morgan fingerprint density at radius 3 is 2.44 bits per heavy atom. The fourth-order valence-electron chi connectivity index (χ4n) is 1.65. The first-order valence-electron chi connectivity index (χ1n) is 5.80. The van der Waals surface area contributed by atoms with Crippen molar-refractivity contribution < 1.29 is 13.9 Å². The molecule has 5 nitrogen and oxygen atoms in total. The monoisotopic (exact) mass is 253 g/mol. The summed E-state index contributed by atoms with van der Waals surface area (Å²) in [6.07, 6.45) is 1.94. The van der Waals surface area contributed by atoms with Crippen LogP contribution < -0.4 is 0 Å². The van der Waals surface area contributed by atoms with E-state index < -0.39 is 11.4 Å². The van der Waals surface area contributed by atoms with E-state index in [0.29, 0.717) is 18.9 Å². The SMILES string of the molecule is CC(C)(C)OC(=O)N1CC(c2ncc(F)cn2)C1. The molecule has 18 heavy (non-hydrogen) atoms. The van der Waals surface area contributed by atoms with Crippen LogP contribution in [0.1, 0.15) is 32.5 Å². The molecule has 0 aliphatic carbocycles. The second-order valence-electron chi connectivity index (χ2n) is 5.34. The van der Waals surface area contributed by atoms with Crippen LogP contribution >= 0.6 is 0 Å². The van der Waals surface area contributed by atoms with Gasteiger partial charge < -0.3 is 9.64 Å². The van der Waals surface area contributed by atoms with Gasteiger partial charge >= 0.3 is 6.09 Å². The number of nitrogens with zero attached hydrogens (tertiary/aromatic N) is 3. The first-order valence-corrected chi connectivity index (χ1v) is 5.80. The zero-order valence-corrected chi connectivity index (χ0v) is 10.7. The molecule has 0 bridgehead atoms. The van der Waals surface area contributed by atoms with Crippen LogP contribution in [0.4, 0.5) is 9.18 Å². The summed E-state index contributed by atoms with van der Waals surface area (Å²) in [5.74, 6) is 0.177. The molecule has 1 amide bonds. The molecule has 1 aromatic rings. The van der Waals surface area contributed by atoms with E-state index in [1.807, 2.05) is 20.8 Å². The van der Waals surface area contributed by atoms with Gasteiger partial charge in [0.25, 0.3) is 0 Å². The molecule has 0 atom stereocenters. The molecule has 6 heteroatoms. The van der Waals surface area contributed by atoms with Crippen LogP contribution in [0, 0.1) is 5.82 Å². The summed E-state index contributed by atoms with van der Waals surface area (Å²) in [5, 5.41) is 0. The quantitative estimate of drug-likeness (QED) is 0.767. The van der Waals surface area contributed by atoms with Gasteiger partial charge in [0.2, 0.25) is 0 Å². The Labute approximate surface area is 105 Å². The first-order chi connectivity index (χ1) is 8.35. The Bertz CT molecular complexity index is 436. The van der Waals surface area contributed by atoms with E-state index in [-0.39, 0.29) is 12.0 Å². The molecule has 2 heterocycles. The highest BCUT2D eigenvalue weighted by molar-refractivity contribution is 5.69. The Morgan fingerprint density at radius 1 is 1.39 bits per heavy atom. The van der Waals surface area contributed by atoms with Gasteiger partial charge in [-0.3, -0.25) is 0 Å². The van der Waals surface area contributed by atoms with Crippen molar-refractivity contribution in [3.05, 3.63) is 24.0 Å². The number of likely N-dealkylation sites (tertiary alicyclic amines) is 1. The number of halogens is 1. The average Bonchev–Trinajstić information content (AvgIpc) is 2.15. The zero-order valence-electron chi connectivity index (χ0n) is 10.7. The molecule has 0 saturated carbocycles. The second-order valence-corrected chi connectivity index (χ2v) is 5.34. The van der Waals surface area contributed by atoms with Gasteiger partial charge in [0.05, 0.1) is 18.3 Å². The van der Waals surface area contributed by atoms with E-state index in [2.05, 4.69) is 9.97 Å². The van der Waals surface area contributed by atoms with Crippen molar-refractivity contribution in [3.8, 4) is 0 Å². The molecule has 98 valence electrons. The van der Waals surface area contributed by atoms with Gasteiger partial charge in [-0.15, -0.1) is 0 Å². The van der Waals surface area contributed by atoms with Gasteiger partial charge in [0.15, 0.2) is 5.82 Å². The molecule has 0 aromatic carbocycles. The van der Waals surface area contributed by atoms with E-state index in [1.54, 1.807) is 4.90 Å². The number of hydrogen-bond acceptors (Lipinski definition) is 4. The third-order valence-electron chi connectivity index (χ3n) is 2.54. The van der Waals surface area contributed by atoms with E-state index in [4.69, 9.17) is 4.74 Å². The van der Waals surface area contributed by atoms with E-state index >= 15 is 0 Å². The normalized spacial score (nSPS) is 16.3. The predicted octanol–water partition coefficient (Wildman–Crippen LogP) is 1.95. The van der Waals surface area contributed by atoms with Crippen LogP contribution in [-0.4, -0.2) is 39.7 Å². The molecule has 0 unspecified atom stereocenters. The van der Waals surface area contributed by atoms with E-state index in [9.17, 15) is 9.18 Å². The summed E-state index contributed by atoms with van der Waals surface area (Å²) < 4.78 is 17.9. The average molecular weight is 253 g/mol. The minimum Gasteiger partial charge on any atom is -0.444 e. The van der Waals surface area contributed by atoms with Gasteiger partial charge in [-0.05, 0) is 20.8 Å². The lowest BCUT2D eigenvalue weighted by Gasteiger charge is -2.38. The van der Waals surface area contributed by atoms with Crippen molar-refractivity contribution in [2.75, 3.05) is 13.1 Å². The second kappa shape index (κ2) is 4.51. The number of aromatic nitrogens is 2. The molecule has 1 fully saturated rings. The number of carbonyl (C=O) groups excluding carboxylic acids is 1. The Balaban J connectivity index is 1.87. The van der Waals surface area contributed by atoms with Gasteiger partial charge in [-0.2, -0.15) is 0 Å². The highest BCUT2D eigenvalue weighted by Crippen LogP contribution is 2.25. The number of hydrogen-bond donors (Lipinski definition) is 0. The molecule has 0 spiro atoms. The van der Waals surface area contributed by atoms with Gasteiger partial charge in [0.1, 0.15) is 11.4 Å². The summed E-state index contributed by atoms with van der Waals surface area (Å²) in [5.41, 5.74) is -0.492. The lowest BCUT2D eigenvalue weighted by Crippen LogP contribution is -2.50. The minimum atomic E-state index is -0.492. The Kier molecular flexibility index (Phi) is 3.19. The standard InChI is InChI=1S/C12H16FN3O2/c1-12(2,3)18-11(17)16-6-8(7-16)10-14-4-9(13)5-15-10/h4-5,8H,6-7H2,1-3H3. The summed E-state index contributed by atoms with van der Waals surface area (Å²) in [6, 6.07) is 0. The van der Waals surface area contributed by atoms with Crippen LogP contribution in [-0.2, 0) is 4.74 Å². The summed E-state index contributed by atoms with van der Waals surface area (Å²) >= 11 is 0. The summed E-state index contributed by atoms with van der Waals surface area (Å²) in [6.45, 7) is 6.50. The van der Waals surface area contributed by atoms with Crippen LogP contribution in [0.2, 0.25) is 0 Å².